The predicted octanol–water partition coefficient (Wildman–Crippen LogP) is 3.76. The number of hydrogen-bond acceptors (Lipinski definition) is 4. The molecule has 152 valence electrons. The second-order valence-electron chi connectivity index (χ2n) is 7.56. The van der Waals surface area contributed by atoms with Crippen molar-refractivity contribution < 1.29 is 19.1 Å². The van der Waals surface area contributed by atoms with Crippen LogP contribution in [0.3, 0.4) is 0 Å². The molecule has 1 saturated heterocycles. The van der Waals surface area contributed by atoms with Gasteiger partial charge < -0.3 is 18.6 Å². The molecule has 0 radical (unpaired) electrons. The van der Waals surface area contributed by atoms with Crippen LogP contribution in [-0.4, -0.2) is 40.2 Å². The lowest BCUT2D eigenvalue weighted by Crippen LogP contribution is -2.18. The maximum atomic E-state index is 12.7. The second kappa shape index (κ2) is 8.35. The quantitative estimate of drug-likeness (QED) is 0.537. The Morgan fingerprint density at radius 1 is 1.07 bits per heavy atom. The van der Waals surface area contributed by atoms with Gasteiger partial charge in [-0.1, -0.05) is 0 Å². The second-order valence-corrected chi connectivity index (χ2v) is 7.56. The molecule has 0 bridgehead atoms. The third kappa shape index (κ3) is 3.92. The van der Waals surface area contributed by atoms with Crippen molar-refractivity contribution in [1.29, 1.82) is 0 Å². The van der Waals surface area contributed by atoms with Crippen molar-refractivity contribution in [1.82, 2.24) is 9.13 Å². The summed E-state index contributed by atoms with van der Waals surface area (Å²) in [6.45, 7) is 11.9. The number of aryl methyl sites for hydroxylation is 2. The highest BCUT2D eigenvalue weighted by Gasteiger charge is 2.22. The van der Waals surface area contributed by atoms with Crippen molar-refractivity contribution in [2.75, 3.05) is 13.2 Å². The fourth-order valence-corrected chi connectivity index (χ4v) is 4.14. The van der Waals surface area contributed by atoms with Crippen molar-refractivity contribution in [3.05, 3.63) is 46.0 Å². The van der Waals surface area contributed by atoms with Crippen LogP contribution >= 0.6 is 0 Å². The van der Waals surface area contributed by atoms with Crippen LogP contribution in [0.15, 0.2) is 12.1 Å². The van der Waals surface area contributed by atoms with Gasteiger partial charge in [-0.25, -0.2) is 4.79 Å². The number of carbonyl (C=O) groups is 2. The van der Waals surface area contributed by atoms with Gasteiger partial charge in [0.2, 0.25) is 5.78 Å². The summed E-state index contributed by atoms with van der Waals surface area (Å²) in [5.74, 6) is -0.626. The molecule has 1 fully saturated rings. The van der Waals surface area contributed by atoms with Gasteiger partial charge in [-0.2, -0.15) is 0 Å². The van der Waals surface area contributed by atoms with Crippen LogP contribution in [0.25, 0.3) is 0 Å². The number of ketones is 1. The van der Waals surface area contributed by atoms with E-state index in [0.29, 0.717) is 11.1 Å². The molecule has 0 aromatic carbocycles. The average Bonchev–Trinajstić information content (AvgIpc) is 3.35. The van der Waals surface area contributed by atoms with Crippen LogP contribution in [0.1, 0.15) is 63.3 Å². The number of hydrogen-bond donors (Lipinski definition) is 0. The molecule has 0 unspecified atom stereocenters. The Labute approximate surface area is 166 Å². The normalized spacial score (nSPS) is 16.5. The van der Waals surface area contributed by atoms with Crippen LogP contribution in [0.4, 0.5) is 0 Å². The lowest BCUT2D eigenvalue weighted by molar-refractivity contribution is 0.0473. The maximum absolute atomic E-state index is 12.7. The van der Waals surface area contributed by atoms with E-state index in [1.165, 1.54) is 0 Å². The van der Waals surface area contributed by atoms with Gasteiger partial charge in [-0.15, -0.1) is 0 Å². The highest BCUT2D eigenvalue weighted by molar-refractivity contribution is 6.00. The highest BCUT2D eigenvalue weighted by atomic mass is 16.5. The number of rotatable bonds is 7. The summed E-state index contributed by atoms with van der Waals surface area (Å²) >= 11 is 0. The number of aromatic nitrogens is 2. The third-order valence-electron chi connectivity index (χ3n) is 5.73. The molecule has 1 aliphatic heterocycles. The Morgan fingerprint density at radius 2 is 1.71 bits per heavy atom. The molecular weight excluding hydrogens is 356 g/mol. The molecule has 6 heteroatoms. The molecule has 0 N–H and O–H groups in total. The predicted molar refractivity (Wildman–Crippen MR) is 107 cm³/mol. The van der Waals surface area contributed by atoms with Crippen molar-refractivity contribution in [3.8, 4) is 0 Å². The van der Waals surface area contributed by atoms with Crippen LogP contribution in [0, 0.1) is 27.7 Å². The first-order valence-corrected chi connectivity index (χ1v) is 9.98. The van der Waals surface area contributed by atoms with E-state index in [-0.39, 0.29) is 18.5 Å². The summed E-state index contributed by atoms with van der Waals surface area (Å²) in [4.78, 5) is 25.2. The van der Waals surface area contributed by atoms with Crippen molar-refractivity contribution in [3.63, 3.8) is 0 Å². The number of nitrogens with zero attached hydrogens (tertiary/aromatic N) is 2. The molecule has 2 aromatic heterocycles. The zero-order valence-electron chi connectivity index (χ0n) is 17.5. The molecule has 1 aliphatic rings. The third-order valence-corrected chi connectivity index (χ3v) is 5.73. The first-order chi connectivity index (χ1) is 13.3. The van der Waals surface area contributed by atoms with E-state index >= 15 is 0 Å². The molecular formula is C22H30N2O4. The fraction of sp³-hybridized carbons (Fsp3) is 0.545. The van der Waals surface area contributed by atoms with E-state index in [2.05, 4.69) is 9.13 Å². The van der Waals surface area contributed by atoms with Crippen LogP contribution in [0.5, 0.6) is 0 Å². The fourth-order valence-electron chi connectivity index (χ4n) is 4.14. The van der Waals surface area contributed by atoms with E-state index in [1.807, 2.05) is 46.8 Å². The van der Waals surface area contributed by atoms with Gasteiger partial charge in [-0.05, 0) is 59.6 Å². The zero-order chi connectivity index (χ0) is 20.4. The van der Waals surface area contributed by atoms with Crippen LogP contribution in [-0.2, 0) is 22.6 Å². The van der Waals surface area contributed by atoms with Gasteiger partial charge in [0.05, 0.1) is 11.7 Å². The van der Waals surface area contributed by atoms with Crippen LogP contribution in [0.2, 0.25) is 0 Å². The first-order valence-electron chi connectivity index (χ1n) is 9.98. The molecule has 2 aromatic rings. The highest BCUT2D eigenvalue weighted by Crippen LogP contribution is 2.21. The summed E-state index contributed by atoms with van der Waals surface area (Å²) in [5, 5.41) is 0. The summed E-state index contributed by atoms with van der Waals surface area (Å²) < 4.78 is 15.2. The Bertz CT molecular complexity index is 885. The van der Waals surface area contributed by atoms with E-state index in [0.717, 1.165) is 55.3 Å². The van der Waals surface area contributed by atoms with Gasteiger partial charge in [0, 0.05) is 48.0 Å². The average molecular weight is 386 g/mol. The molecule has 3 heterocycles. The van der Waals surface area contributed by atoms with Crippen molar-refractivity contribution in [2.24, 2.45) is 0 Å². The molecule has 0 spiro atoms. The SMILES string of the molecule is CCn1c(C)cc(C(=O)OCC(=O)c2cc(C)n(C[C@H]3CCCO3)c2C)c1C. The van der Waals surface area contributed by atoms with Crippen molar-refractivity contribution in [2.45, 2.75) is 66.7 Å². The molecule has 0 saturated carbocycles. The maximum Gasteiger partial charge on any atom is 0.340 e. The van der Waals surface area contributed by atoms with Gasteiger partial charge in [-0.3, -0.25) is 4.79 Å². The van der Waals surface area contributed by atoms with Gasteiger partial charge in [0.15, 0.2) is 6.61 Å². The standard InChI is InChI=1S/C22H30N2O4/c1-6-23-14(2)11-20(17(23)5)22(26)28-13-21(25)19-10-15(3)24(16(19)4)12-18-8-7-9-27-18/h10-11,18H,6-9,12-13H2,1-5H3/t18-/m1/s1. The summed E-state index contributed by atoms with van der Waals surface area (Å²) in [6, 6.07) is 3.70. The topological polar surface area (TPSA) is 62.5 Å². The molecule has 6 nitrogen and oxygen atoms in total. The Morgan fingerprint density at radius 3 is 2.32 bits per heavy atom. The summed E-state index contributed by atoms with van der Waals surface area (Å²) in [5.41, 5.74) is 4.94. The monoisotopic (exact) mass is 386 g/mol. The Hall–Kier alpha value is -2.34. The summed E-state index contributed by atoms with van der Waals surface area (Å²) in [6.07, 6.45) is 2.35. The van der Waals surface area contributed by atoms with Gasteiger partial charge >= 0.3 is 5.97 Å². The minimum Gasteiger partial charge on any atom is -0.454 e. The minimum atomic E-state index is -0.450. The summed E-state index contributed by atoms with van der Waals surface area (Å²) in [7, 11) is 0. The Kier molecular flexibility index (Phi) is 6.08. The lowest BCUT2D eigenvalue weighted by Gasteiger charge is -2.14. The smallest absolute Gasteiger partial charge is 0.340 e. The number of esters is 1. The molecule has 0 amide bonds. The minimum absolute atomic E-state index is 0.177. The van der Waals surface area contributed by atoms with E-state index in [9.17, 15) is 9.59 Å². The molecule has 1 atom stereocenters. The number of ether oxygens (including phenoxy) is 2. The Balaban J connectivity index is 1.67. The van der Waals surface area contributed by atoms with Gasteiger partial charge in [0.25, 0.3) is 0 Å². The van der Waals surface area contributed by atoms with Gasteiger partial charge in [0.1, 0.15) is 0 Å². The molecule has 0 aliphatic carbocycles. The largest absolute Gasteiger partial charge is 0.454 e. The van der Waals surface area contributed by atoms with E-state index in [1.54, 1.807) is 0 Å². The molecule has 3 rings (SSSR count). The van der Waals surface area contributed by atoms with E-state index in [4.69, 9.17) is 9.47 Å². The molecule has 28 heavy (non-hydrogen) atoms. The van der Waals surface area contributed by atoms with Crippen molar-refractivity contribution >= 4 is 11.8 Å². The lowest BCUT2D eigenvalue weighted by atomic mass is 10.1. The zero-order valence-corrected chi connectivity index (χ0v) is 17.5. The first kappa shape index (κ1) is 20.4. The number of carbonyl (C=O) groups excluding carboxylic acids is 2. The van der Waals surface area contributed by atoms with Crippen LogP contribution < -0.4 is 0 Å². The van der Waals surface area contributed by atoms with E-state index < -0.39 is 5.97 Å². The number of Topliss-reactive ketones (excluding diaryl/α,β-unsaturated/α-hetero) is 1.